The first-order valence-corrected chi connectivity index (χ1v) is 8.75. The SMILES string of the molecule is Clc1ccc2[nH]c3c(c2c1)CCCC3NC1CCCCC1. The van der Waals surface area contributed by atoms with Crippen molar-refractivity contribution in [2.24, 2.45) is 0 Å². The number of H-pyrrole nitrogens is 1. The summed E-state index contributed by atoms with van der Waals surface area (Å²) in [6, 6.07) is 7.44. The highest BCUT2D eigenvalue weighted by Gasteiger charge is 2.26. The summed E-state index contributed by atoms with van der Waals surface area (Å²) in [5.74, 6) is 0. The van der Waals surface area contributed by atoms with Crippen LogP contribution in [0.4, 0.5) is 0 Å². The third kappa shape index (κ3) is 2.60. The van der Waals surface area contributed by atoms with Crippen molar-refractivity contribution in [2.45, 2.75) is 63.5 Å². The highest BCUT2D eigenvalue weighted by atomic mass is 35.5. The van der Waals surface area contributed by atoms with Gasteiger partial charge in [-0.3, -0.25) is 0 Å². The van der Waals surface area contributed by atoms with Gasteiger partial charge in [-0.15, -0.1) is 0 Å². The van der Waals surface area contributed by atoms with Gasteiger partial charge in [0, 0.05) is 33.7 Å². The zero-order valence-corrected chi connectivity index (χ0v) is 13.2. The zero-order valence-electron chi connectivity index (χ0n) is 12.4. The molecule has 112 valence electrons. The molecule has 1 aromatic carbocycles. The van der Waals surface area contributed by atoms with Gasteiger partial charge in [0.25, 0.3) is 0 Å². The van der Waals surface area contributed by atoms with E-state index in [2.05, 4.69) is 22.4 Å². The first-order chi connectivity index (χ1) is 10.3. The van der Waals surface area contributed by atoms with E-state index < -0.39 is 0 Å². The van der Waals surface area contributed by atoms with Gasteiger partial charge in [-0.1, -0.05) is 30.9 Å². The first-order valence-electron chi connectivity index (χ1n) is 8.37. The first kappa shape index (κ1) is 13.7. The summed E-state index contributed by atoms with van der Waals surface area (Å²) in [6.07, 6.45) is 10.6. The molecule has 0 radical (unpaired) electrons. The van der Waals surface area contributed by atoms with Gasteiger partial charge in [-0.2, -0.15) is 0 Å². The molecule has 0 saturated heterocycles. The van der Waals surface area contributed by atoms with E-state index >= 15 is 0 Å². The molecule has 21 heavy (non-hydrogen) atoms. The van der Waals surface area contributed by atoms with Crippen molar-refractivity contribution in [1.82, 2.24) is 10.3 Å². The van der Waals surface area contributed by atoms with Gasteiger partial charge in [0.05, 0.1) is 0 Å². The molecule has 3 heteroatoms. The van der Waals surface area contributed by atoms with Crippen molar-refractivity contribution in [3.05, 3.63) is 34.5 Å². The van der Waals surface area contributed by atoms with Crippen LogP contribution in [0.25, 0.3) is 10.9 Å². The van der Waals surface area contributed by atoms with E-state index in [-0.39, 0.29) is 0 Å². The van der Waals surface area contributed by atoms with E-state index in [1.807, 2.05) is 6.07 Å². The molecule has 0 bridgehead atoms. The van der Waals surface area contributed by atoms with Gasteiger partial charge in [0.15, 0.2) is 0 Å². The molecule has 2 aliphatic rings. The lowest BCUT2D eigenvalue weighted by atomic mass is 9.89. The molecule has 1 aromatic heterocycles. The van der Waals surface area contributed by atoms with E-state index in [4.69, 9.17) is 11.6 Å². The minimum Gasteiger partial charge on any atom is -0.357 e. The number of rotatable bonds is 2. The fourth-order valence-electron chi connectivity index (χ4n) is 4.16. The Labute approximate surface area is 131 Å². The van der Waals surface area contributed by atoms with Crippen LogP contribution < -0.4 is 5.32 Å². The zero-order chi connectivity index (χ0) is 14.2. The van der Waals surface area contributed by atoms with Gasteiger partial charge in [-0.25, -0.2) is 0 Å². The molecule has 1 heterocycles. The topological polar surface area (TPSA) is 27.8 Å². The van der Waals surface area contributed by atoms with E-state index in [0.717, 1.165) is 5.02 Å². The van der Waals surface area contributed by atoms with Crippen molar-refractivity contribution in [1.29, 1.82) is 0 Å². The monoisotopic (exact) mass is 302 g/mol. The summed E-state index contributed by atoms with van der Waals surface area (Å²) in [4.78, 5) is 3.66. The fraction of sp³-hybridized carbons (Fsp3) is 0.556. The normalized spacial score (nSPS) is 23.4. The van der Waals surface area contributed by atoms with Crippen LogP contribution in [0.2, 0.25) is 5.02 Å². The molecule has 2 nitrogen and oxygen atoms in total. The van der Waals surface area contributed by atoms with Crippen molar-refractivity contribution >= 4 is 22.5 Å². The quantitative estimate of drug-likeness (QED) is 0.791. The van der Waals surface area contributed by atoms with Gasteiger partial charge >= 0.3 is 0 Å². The van der Waals surface area contributed by atoms with E-state index in [1.165, 1.54) is 73.5 Å². The van der Waals surface area contributed by atoms with Crippen LogP contribution in [0.1, 0.15) is 62.2 Å². The summed E-state index contributed by atoms with van der Waals surface area (Å²) >= 11 is 6.18. The number of hydrogen-bond acceptors (Lipinski definition) is 1. The number of nitrogens with one attached hydrogen (secondary N) is 2. The number of fused-ring (bicyclic) bond motifs is 3. The molecule has 0 aliphatic heterocycles. The van der Waals surface area contributed by atoms with Gasteiger partial charge < -0.3 is 10.3 Å². The van der Waals surface area contributed by atoms with Crippen molar-refractivity contribution in [2.75, 3.05) is 0 Å². The fourth-order valence-corrected chi connectivity index (χ4v) is 4.33. The Morgan fingerprint density at radius 1 is 1.05 bits per heavy atom. The van der Waals surface area contributed by atoms with Crippen molar-refractivity contribution < 1.29 is 0 Å². The average Bonchev–Trinajstić information content (AvgIpc) is 2.88. The lowest BCUT2D eigenvalue weighted by molar-refractivity contribution is 0.318. The number of aromatic amines is 1. The Kier molecular flexibility index (Phi) is 3.68. The second-order valence-electron chi connectivity index (χ2n) is 6.65. The Hall–Kier alpha value is -0.990. The second kappa shape index (κ2) is 5.66. The summed E-state index contributed by atoms with van der Waals surface area (Å²) in [7, 11) is 0. The number of benzene rings is 1. The summed E-state index contributed by atoms with van der Waals surface area (Å²) < 4.78 is 0. The highest BCUT2D eigenvalue weighted by Crippen LogP contribution is 2.36. The lowest BCUT2D eigenvalue weighted by Crippen LogP contribution is -2.36. The summed E-state index contributed by atoms with van der Waals surface area (Å²) in [5, 5.41) is 6.09. The van der Waals surface area contributed by atoms with Crippen LogP contribution in [0, 0.1) is 0 Å². The molecule has 1 atom stereocenters. The van der Waals surface area contributed by atoms with Crippen molar-refractivity contribution in [3.63, 3.8) is 0 Å². The number of aromatic nitrogens is 1. The van der Waals surface area contributed by atoms with Crippen LogP contribution in [-0.2, 0) is 6.42 Å². The molecule has 4 rings (SSSR count). The molecule has 2 aliphatic carbocycles. The predicted octanol–water partition coefficient (Wildman–Crippen LogP) is 5.12. The number of aryl methyl sites for hydroxylation is 1. The molecule has 0 amide bonds. The van der Waals surface area contributed by atoms with E-state index in [9.17, 15) is 0 Å². The van der Waals surface area contributed by atoms with E-state index in [0.29, 0.717) is 12.1 Å². The standard InChI is InChI=1S/C18H23ClN2/c19-12-9-10-16-15(11-12)14-7-4-8-17(18(14)21-16)20-13-5-2-1-3-6-13/h9-11,13,17,20-21H,1-8H2. The molecular formula is C18H23ClN2. The van der Waals surface area contributed by atoms with Crippen LogP contribution in [-0.4, -0.2) is 11.0 Å². The smallest absolute Gasteiger partial charge is 0.0478 e. The summed E-state index contributed by atoms with van der Waals surface area (Å²) in [6.45, 7) is 0. The maximum atomic E-state index is 6.18. The van der Waals surface area contributed by atoms with Gasteiger partial charge in [-0.05, 0) is 55.9 Å². The molecule has 2 aromatic rings. The maximum absolute atomic E-state index is 6.18. The molecule has 2 N–H and O–H groups in total. The van der Waals surface area contributed by atoms with Crippen molar-refractivity contribution in [3.8, 4) is 0 Å². The van der Waals surface area contributed by atoms with E-state index in [1.54, 1.807) is 0 Å². The molecule has 1 unspecified atom stereocenters. The van der Waals surface area contributed by atoms with Crippen LogP contribution in [0.3, 0.4) is 0 Å². The average molecular weight is 303 g/mol. The second-order valence-corrected chi connectivity index (χ2v) is 7.09. The molecular weight excluding hydrogens is 280 g/mol. The maximum Gasteiger partial charge on any atom is 0.0478 e. The lowest BCUT2D eigenvalue weighted by Gasteiger charge is -2.31. The van der Waals surface area contributed by atoms with Gasteiger partial charge in [0.1, 0.15) is 0 Å². The summed E-state index contributed by atoms with van der Waals surface area (Å²) in [5.41, 5.74) is 4.15. The minimum atomic E-state index is 0.503. The van der Waals surface area contributed by atoms with Crippen LogP contribution in [0.15, 0.2) is 18.2 Å². The Bertz CT molecular complexity index is 640. The van der Waals surface area contributed by atoms with Gasteiger partial charge in [0.2, 0.25) is 0 Å². The molecule has 1 saturated carbocycles. The van der Waals surface area contributed by atoms with Crippen LogP contribution in [0.5, 0.6) is 0 Å². The predicted molar refractivity (Wildman–Crippen MR) is 89.0 cm³/mol. The Morgan fingerprint density at radius 2 is 1.90 bits per heavy atom. The highest BCUT2D eigenvalue weighted by molar-refractivity contribution is 6.31. The number of halogens is 1. The van der Waals surface area contributed by atoms with Crippen LogP contribution >= 0.6 is 11.6 Å². The third-order valence-electron chi connectivity index (χ3n) is 5.21. The Morgan fingerprint density at radius 3 is 2.76 bits per heavy atom. The molecule has 0 spiro atoms. The third-order valence-corrected chi connectivity index (χ3v) is 5.45. The minimum absolute atomic E-state index is 0.503. The molecule has 1 fully saturated rings. The number of hydrogen-bond donors (Lipinski definition) is 2. The Balaban J connectivity index is 1.65. The largest absolute Gasteiger partial charge is 0.357 e.